The number of hydrogen-bond donors (Lipinski definition) is 0. The fourth-order valence-corrected chi connectivity index (χ4v) is 4.47. The molecule has 0 spiro atoms. The monoisotopic (exact) mass is 357 g/mol. The molecule has 0 aliphatic heterocycles. The summed E-state index contributed by atoms with van der Waals surface area (Å²) in [5.41, 5.74) is 3.11. The van der Waals surface area contributed by atoms with Gasteiger partial charge in [0.15, 0.2) is 13.9 Å². The van der Waals surface area contributed by atoms with Crippen LogP contribution in [0.4, 0.5) is 0 Å². The molecule has 1 atom stereocenters. The van der Waals surface area contributed by atoms with Crippen LogP contribution < -0.4 is 0 Å². The fraction of sp³-hybridized carbons (Fsp3) is 0.235. The van der Waals surface area contributed by atoms with E-state index in [1.54, 1.807) is 0 Å². The van der Waals surface area contributed by atoms with E-state index < -0.39 is 13.9 Å². The third kappa shape index (κ3) is 2.26. The average molecular weight is 358 g/mol. The zero-order valence-corrected chi connectivity index (χ0v) is 14.9. The minimum Gasteiger partial charge on any atom is -0.393 e. The highest BCUT2D eigenvalue weighted by Crippen LogP contribution is 2.51. The van der Waals surface area contributed by atoms with Crippen molar-refractivity contribution in [3.05, 3.63) is 58.1 Å². The highest BCUT2D eigenvalue weighted by atomic mass is 79.9. The van der Waals surface area contributed by atoms with Crippen molar-refractivity contribution < 1.29 is 4.43 Å². The van der Waals surface area contributed by atoms with Gasteiger partial charge < -0.3 is 4.43 Å². The van der Waals surface area contributed by atoms with Gasteiger partial charge in [0.1, 0.15) is 6.07 Å². The molecule has 0 radical (unpaired) electrons. The van der Waals surface area contributed by atoms with Gasteiger partial charge in [-0.05, 0) is 42.9 Å². The molecule has 1 unspecified atom stereocenters. The maximum atomic E-state index is 10.00. The Morgan fingerprint density at radius 2 is 1.71 bits per heavy atom. The predicted octanol–water partition coefficient (Wildman–Crippen LogP) is 5.05. The van der Waals surface area contributed by atoms with Crippen molar-refractivity contribution in [2.45, 2.75) is 25.2 Å². The number of hydrogen-bond acceptors (Lipinski definition) is 2. The smallest absolute Gasteiger partial charge is 0.197 e. The van der Waals surface area contributed by atoms with Gasteiger partial charge in [-0.15, -0.1) is 0 Å². The topological polar surface area (TPSA) is 33.0 Å². The SMILES string of the molecule is C[Si](C)(C)OC1(C#N)c2ccccc2-c2ccc(Br)cc21. The van der Waals surface area contributed by atoms with Crippen LogP contribution in [-0.4, -0.2) is 8.32 Å². The summed E-state index contributed by atoms with van der Waals surface area (Å²) in [6.07, 6.45) is 0. The molecule has 3 rings (SSSR count). The lowest BCUT2D eigenvalue weighted by atomic mass is 9.93. The van der Waals surface area contributed by atoms with E-state index in [-0.39, 0.29) is 0 Å². The summed E-state index contributed by atoms with van der Waals surface area (Å²) in [7, 11) is -1.91. The Morgan fingerprint density at radius 3 is 2.38 bits per heavy atom. The molecule has 0 N–H and O–H groups in total. The van der Waals surface area contributed by atoms with Crippen LogP contribution in [0.25, 0.3) is 11.1 Å². The minimum absolute atomic E-state index is 0.947. The average Bonchev–Trinajstić information content (AvgIpc) is 2.68. The van der Waals surface area contributed by atoms with Crippen LogP contribution >= 0.6 is 15.9 Å². The normalized spacial score (nSPS) is 19.8. The highest BCUT2D eigenvalue weighted by molar-refractivity contribution is 9.10. The number of nitrogens with zero attached hydrogens (tertiary/aromatic N) is 1. The molecule has 4 heteroatoms. The van der Waals surface area contributed by atoms with E-state index in [0.29, 0.717) is 0 Å². The Labute approximate surface area is 134 Å². The third-order valence-corrected chi connectivity index (χ3v) is 4.99. The largest absolute Gasteiger partial charge is 0.393 e. The van der Waals surface area contributed by atoms with Gasteiger partial charge >= 0.3 is 0 Å². The summed E-state index contributed by atoms with van der Waals surface area (Å²) in [5, 5.41) is 10.00. The molecule has 0 heterocycles. The summed E-state index contributed by atoms with van der Waals surface area (Å²) >= 11 is 3.52. The van der Waals surface area contributed by atoms with E-state index in [4.69, 9.17) is 4.43 Å². The molecule has 106 valence electrons. The first-order chi connectivity index (χ1) is 9.87. The number of benzene rings is 2. The van der Waals surface area contributed by atoms with Crippen LogP contribution in [-0.2, 0) is 10.0 Å². The zero-order chi connectivity index (χ0) is 15.3. The Morgan fingerprint density at radius 1 is 1.05 bits per heavy atom. The van der Waals surface area contributed by atoms with Crippen LogP contribution in [0, 0.1) is 11.3 Å². The van der Waals surface area contributed by atoms with Crippen molar-refractivity contribution in [3.8, 4) is 17.2 Å². The molecule has 1 aliphatic carbocycles. The lowest BCUT2D eigenvalue weighted by molar-refractivity contribution is 0.169. The van der Waals surface area contributed by atoms with E-state index in [1.807, 2.05) is 30.3 Å². The maximum Gasteiger partial charge on any atom is 0.197 e. The molecule has 0 aromatic heterocycles. The Kier molecular flexibility index (Phi) is 3.32. The zero-order valence-electron chi connectivity index (χ0n) is 12.3. The highest BCUT2D eigenvalue weighted by Gasteiger charge is 2.47. The lowest BCUT2D eigenvalue weighted by Crippen LogP contribution is -2.39. The van der Waals surface area contributed by atoms with Crippen molar-refractivity contribution in [2.75, 3.05) is 0 Å². The Hall–Kier alpha value is -1.41. The first-order valence-electron chi connectivity index (χ1n) is 6.89. The quantitative estimate of drug-likeness (QED) is 0.704. The first kappa shape index (κ1) is 14.5. The van der Waals surface area contributed by atoms with Crippen molar-refractivity contribution >= 4 is 24.2 Å². The minimum atomic E-state index is -1.91. The number of rotatable bonds is 2. The number of halogens is 1. The van der Waals surface area contributed by atoms with E-state index in [9.17, 15) is 5.26 Å². The van der Waals surface area contributed by atoms with E-state index in [0.717, 1.165) is 26.7 Å². The summed E-state index contributed by atoms with van der Waals surface area (Å²) in [4.78, 5) is 0. The molecule has 0 fully saturated rings. The van der Waals surface area contributed by atoms with Gasteiger partial charge in [-0.1, -0.05) is 46.3 Å². The van der Waals surface area contributed by atoms with Crippen LogP contribution in [0.5, 0.6) is 0 Å². The first-order valence-corrected chi connectivity index (χ1v) is 11.1. The van der Waals surface area contributed by atoms with E-state index in [1.165, 1.54) is 0 Å². The van der Waals surface area contributed by atoms with Crippen molar-refractivity contribution in [3.63, 3.8) is 0 Å². The number of fused-ring (bicyclic) bond motifs is 3. The molecule has 0 bridgehead atoms. The molecular weight excluding hydrogens is 342 g/mol. The number of nitriles is 1. The van der Waals surface area contributed by atoms with Crippen molar-refractivity contribution in [2.24, 2.45) is 0 Å². The van der Waals surface area contributed by atoms with E-state index >= 15 is 0 Å². The van der Waals surface area contributed by atoms with Gasteiger partial charge in [0.25, 0.3) is 0 Å². The molecule has 21 heavy (non-hydrogen) atoms. The molecule has 2 aromatic rings. The van der Waals surface area contributed by atoms with Gasteiger partial charge in [-0.3, -0.25) is 0 Å². The molecular formula is C17H16BrNOSi. The standard InChI is InChI=1S/C17H16BrNOSi/c1-21(2,3)20-17(11-19)15-7-5-4-6-13(15)14-9-8-12(18)10-16(14)17/h4-10H,1-3H3. The Balaban J connectivity index is 2.34. The molecule has 0 saturated heterocycles. The molecule has 1 aliphatic rings. The second kappa shape index (κ2) is 4.81. The third-order valence-electron chi connectivity index (χ3n) is 3.57. The van der Waals surface area contributed by atoms with E-state index in [2.05, 4.69) is 53.8 Å². The van der Waals surface area contributed by atoms with Crippen LogP contribution in [0.2, 0.25) is 19.6 Å². The van der Waals surface area contributed by atoms with Crippen molar-refractivity contribution in [1.29, 1.82) is 5.26 Å². The molecule has 2 aromatic carbocycles. The van der Waals surface area contributed by atoms with Crippen LogP contribution in [0.15, 0.2) is 46.9 Å². The lowest BCUT2D eigenvalue weighted by Gasteiger charge is -2.32. The predicted molar refractivity (Wildman–Crippen MR) is 90.4 cm³/mol. The summed E-state index contributed by atoms with van der Waals surface area (Å²) in [6, 6.07) is 16.6. The van der Waals surface area contributed by atoms with Gasteiger partial charge in [-0.2, -0.15) is 5.26 Å². The van der Waals surface area contributed by atoms with Crippen LogP contribution in [0.1, 0.15) is 11.1 Å². The van der Waals surface area contributed by atoms with Crippen molar-refractivity contribution in [1.82, 2.24) is 0 Å². The summed E-state index contributed by atoms with van der Waals surface area (Å²) < 4.78 is 7.37. The second-order valence-electron chi connectivity index (χ2n) is 6.24. The summed E-state index contributed by atoms with van der Waals surface area (Å²) in [5.74, 6) is 0. The fourth-order valence-electron chi connectivity index (χ4n) is 2.93. The summed E-state index contributed by atoms with van der Waals surface area (Å²) in [6.45, 7) is 6.35. The van der Waals surface area contributed by atoms with Gasteiger partial charge in [-0.25, -0.2) is 0 Å². The molecule has 2 nitrogen and oxygen atoms in total. The molecule has 0 amide bonds. The Bertz CT molecular complexity index is 760. The van der Waals surface area contributed by atoms with Gasteiger partial charge in [0, 0.05) is 15.6 Å². The maximum absolute atomic E-state index is 10.00. The van der Waals surface area contributed by atoms with Gasteiger partial charge in [0.2, 0.25) is 0 Å². The van der Waals surface area contributed by atoms with Crippen LogP contribution in [0.3, 0.4) is 0 Å². The molecule has 0 saturated carbocycles. The van der Waals surface area contributed by atoms with Gasteiger partial charge in [0.05, 0.1) is 0 Å². The second-order valence-corrected chi connectivity index (χ2v) is 11.6.